The first-order valence-corrected chi connectivity index (χ1v) is 8.12. The predicted octanol–water partition coefficient (Wildman–Crippen LogP) is 3.63. The molecular formula is C16H18N4O2S. The second-order valence-corrected chi connectivity index (χ2v) is 7.17. The standard InChI is InChI=1S/C16H18N4O2S/c1-16(2,3)15(21)19-11-7-18-20(9-11)10-14-17-8-12(22-14)13-5-4-6-23-13/h4-9H,10H2,1-3H3,(H,19,21). The highest BCUT2D eigenvalue weighted by Gasteiger charge is 2.21. The zero-order valence-corrected chi connectivity index (χ0v) is 14.1. The van der Waals surface area contributed by atoms with Crippen molar-refractivity contribution in [3.8, 4) is 10.6 Å². The lowest BCUT2D eigenvalue weighted by Gasteiger charge is -2.16. The largest absolute Gasteiger partial charge is 0.438 e. The van der Waals surface area contributed by atoms with Crippen LogP contribution >= 0.6 is 11.3 Å². The number of carbonyl (C=O) groups excluding carboxylic acids is 1. The summed E-state index contributed by atoms with van der Waals surface area (Å²) in [4.78, 5) is 17.3. The molecule has 0 fully saturated rings. The van der Waals surface area contributed by atoms with E-state index in [1.807, 2.05) is 38.3 Å². The molecule has 6 nitrogen and oxygen atoms in total. The topological polar surface area (TPSA) is 73.0 Å². The Bertz CT molecular complexity index is 796. The van der Waals surface area contributed by atoms with Gasteiger partial charge in [-0.2, -0.15) is 5.10 Å². The summed E-state index contributed by atoms with van der Waals surface area (Å²) in [6, 6.07) is 3.96. The maximum absolute atomic E-state index is 12.0. The van der Waals surface area contributed by atoms with Crippen LogP contribution in [0.25, 0.3) is 10.6 Å². The van der Waals surface area contributed by atoms with Gasteiger partial charge in [0.25, 0.3) is 0 Å². The van der Waals surface area contributed by atoms with Gasteiger partial charge in [0.2, 0.25) is 11.8 Å². The van der Waals surface area contributed by atoms with E-state index in [2.05, 4.69) is 15.4 Å². The van der Waals surface area contributed by atoms with Gasteiger partial charge in [-0.25, -0.2) is 4.98 Å². The van der Waals surface area contributed by atoms with Crippen LogP contribution in [0.2, 0.25) is 0 Å². The molecule has 3 aromatic heterocycles. The average molecular weight is 330 g/mol. The van der Waals surface area contributed by atoms with Crippen LogP contribution in [-0.2, 0) is 11.3 Å². The Balaban J connectivity index is 1.66. The molecule has 0 aliphatic carbocycles. The minimum Gasteiger partial charge on any atom is -0.438 e. The summed E-state index contributed by atoms with van der Waals surface area (Å²) in [6.07, 6.45) is 5.10. The molecule has 7 heteroatoms. The van der Waals surface area contributed by atoms with Crippen molar-refractivity contribution in [3.05, 3.63) is 42.0 Å². The molecular weight excluding hydrogens is 312 g/mol. The predicted molar refractivity (Wildman–Crippen MR) is 89.2 cm³/mol. The lowest BCUT2D eigenvalue weighted by molar-refractivity contribution is -0.123. The van der Waals surface area contributed by atoms with Crippen LogP contribution in [0.4, 0.5) is 5.69 Å². The second kappa shape index (κ2) is 6.00. The highest BCUT2D eigenvalue weighted by Crippen LogP contribution is 2.25. The molecule has 0 spiro atoms. The smallest absolute Gasteiger partial charge is 0.229 e. The highest BCUT2D eigenvalue weighted by molar-refractivity contribution is 7.13. The minimum absolute atomic E-state index is 0.0480. The summed E-state index contributed by atoms with van der Waals surface area (Å²) < 4.78 is 7.41. The van der Waals surface area contributed by atoms with Crippen molar-refractivity contribution in [2.75, 3.05) is 5.32 Å². The van der Waals surface area contributed by atoms with E-state index < -0.39 is 5.41 Å². The van der Waals surface area contributed by atoms with Gasteiger partial charge in [0.05, 0.1) is 23.0 Å². The van der Waals surface area contributed by atoms with Crippen molar-refractivity contribution >= 4 is 22.9 Å². The van der Waals surface area contributed by atoms with Crippen molar-refractivity contribution in [3.63, 3.8) is 0 Å². The molecule has 3 aromatic rings. The fourth-order valence-corrected chi connectivity index (χ4v) is 2.56. The number of aromatic nitrogens is 3. The molecule has 0 bridgehead atoms. The number of oxazole rings is 1. The molecule has 23 heavy (non-hydrogen) atoms. The van der Waals surface area contributed by atoms with Crippen molar-refractivity contribution in [1.82, 2.24) is 14.8 Å². The van der Waals surface area contributed by atoms with E-state index in [9.17, 15) is 4.79 Å². The molecule has 3 heterocycles. The number of carbonyl (C=O) groups is 1. The van der Waals surface area contributed by atoms with Crippen LogP contribution in [0.5, 0.6) is 0 Å². The molecule has 1 N–H and O–H groups in total. The molecule has 0 aliphatic heterocycles. The van der Waals surface area contributed by atoms with E-state index in [1.165, 1.54) is 0 Å². The van der Waals surface area contributed by atoms with Gasteiger partial charge in [-0.15, -0.1) is 11.3 Å². The summed E-state index contributed by atoms with van der Waals surface area (Å²) in [5.41, 5.74) is 0.218. The Morgan fingerprint density at radius 3 is 2.91 bits per heavy atom. The van der Waals surface area contributed by atoms with Crippen LogP contribution in [0.1, 0.15) is 26.7 Å². The molecule has 120 valence electrons. The Labute approximate surface area is 138 Å². The van der Waals surface area contributed by atoms with E-state index in [0.717, 1.165) is 10.6 Å². The van der Waals surface area contributed by atoms with Gasteiger partial charge in [-0.3, -0.25) is 9.48 Å². The zero-order valence-electron chi connectivity index (χ0n) is 13.2. The third kappa shape index (κ3) is 3.68. The molecule has 0 atom stereocenters. The number of amides is 1. The molecule has 3 rings (SSSR count). The van der Waals surface area contributed by atoms with E-state index in [4.69, 9.17) is 4.42 Å². The Morgan fingerprint density at radius 1 is 1.39 bits per heavy atom. The molecule has 0 radical (unpaired) electrons. The number of anilines is 1. The second-order valence-electron chi connectivity index (χ2n) is 6.23. The van der Waals surface area contributed by atoms with Gasteiger partial charge >= 0.3 is 0 Å². The van der Waals surface area contributed by atoms with Crippen molar-refractivity contribution in [1.29, 1.82) is 0 Å². The summed E-state index contributed by atoms with van der Waals surface area (Å²) in [6.45, 7) is 6.01. The quantitative estimate of drug-likeness (QED) is 0.793. The molecule has 0 saturated carbocycles. The fourth-order valence-electron chi connectivity index (χ4n) is 1.89. The molecule has 0 aliphatic rings. The summed E-state index contributed by atoms with van der Waals surface area (Å²) >= 11 is 1.61. The first-order chi connectivity index (χ1) is 10.9. The highest BCUT2D eigenvalue weighted by atomic mass is 32.1. The summed E-state index contributed by atoms with van der Waals surface area (Å²) in [7, 11) is 0. The summed E-state index contributed by atoms with van der Waals surface area (Å²) in [5.74, 6) is 1.28. The van der Waals surface area contributed by atoms with Gasteiger partial charge in [-0.05, 0) is 11.4 Å². The minimum atomic E-state index is -0.444. The number of hydrogen-bond donors (Lipinski definition) is 1. The van der Waals surface area contributed by atoms with Crippen LogP contribution in [-0.4, -0.2) is 20.7 Å². The third-order valence-corrected chi connectivity index (χ3v) is 4.07. The molecule has 0 aromatic carbocycles. The van der Waals surface area contributed by atoms with E-state index in [-0.39, 0.29) is 5.91 Å². The third-order valence-electron chi connectivity index (χ3n) is 3.19. The van der Waals surface area contributed by atoms with Crippen LogP contribution in [0.3, 0.4) is 0 Å². The monoisotopic (exact) mass is 330 g/mol. The number of rotatable bonds is 4. The molecule has 1 amide bonds. The van der Waals surface area contributed by atoms with Crippen molar-refractivity contribution in [2.24, 2.45) is 5.41 Å². The normalized spacial score (nSPS) is 11.6. The summed E-state index contributed by atoms with van der Waals surface area (Å²) in [5, 5.41) is 9.06. The van der Waals surface area contributed by atoms with E-state index in [0.29, 0.717) is 18.1 Å². The van der Waals surface area contributed by atoms with Crippen LogP contribution in [0.15, 0.2) is 40.5 Å². The van der Waals surface area contributed by atoms with Crippen LogP contribution in [0, 0.1) is 5.41 Å². The maximum Gasteiger partial charge on any atom is 0.229 e. The number of hydrogen-bond acceptors (Lipinski definition) is 5. The van der Waals surface area contributed by atoms with E-state index in [1.54, 1.807) is 34.6 Å². The Kier molecular flexibility index (Phi) is 4.04. The fraction of sp³-hybridized carbons (Fsp3) is 0.312. The first kappa shape index (κ1) is 15.5. The average Bonchev–Trinajstić information content (AvgIpc) is 3.19. The van der Waals surface area contributed by atoms with Gasteiger partial charge in [0.15, 0.2) is 5.76 Å². The lowest BCUT2D eigenvalue weighted by Crippen LogP contribution is -2.27. The zero-order chi connectivity index (χ0) is 16.4. The van der Waals surface area contributed by atoms with Gasteiger partial charge in [0.1, 0.15) is 6.54 Å². The van der Waals surface area contributed by atoms with Crippen molar-refractivity contribution < 1.29 is 9.21 Å². The lowest BCUT2D eigenvalue weighted by atomic mass is 9.96. The number of nitrogens with zero attached hydrogens (tertiary/aromatic N) is 3. The van der Waals surface area contributed by atoms with Gasteiger partial charge < -0.3 is 9.73 Å². The van der Waals surface area contributed by atoms with Crippen molar-refractivity contribution in [2.45, 2.75) is 27.3 Å². The Morgan fingerprint density at radius 2 is 2.22 bits per heavy atom. The maximum atomic E-state index is 12.0. The first-order valence-electron chi connectivity index (χ1n) is 7.24. The van der Waals surface area contributed by atoms with Crippen LogP contribution < -0.4 is 5.32 Å². The number of nitrogens with one attached hydrogen (secondary N) is 1. The molecule has 0 saturated heterocycles. The van der Waals surface area contributed by atoms with Gasteiger partial charge in [0, 0.05) is 11.6 Å². The van der Waals surface area contributed by atoms with Gasteiger partial charge in [-0.1, -0.05) is 26.8 Å². The SMILES string of the molecule is CC(C)(C)C(=O)Nc1cnn(Cc2ncc(-c3cccs3)o2)c1. The Hall–Kier alpha value is -2.41. The molecule has 0 unspecified atom stereocenters. The van der Waals surface area contributed by atoms with E-state index >= 15 is 0 Å². The number of thiophene rings is 1.